The van der Waals surface area contributed by atoms with Crippen LogP contribution in [0.5, 0.6) is 5.75 Å². The average molecular weight is 458 g/mol. The molecule has 2 aromatic carbocycles. The van der Waals surface area contributed by atoms with Gasteiger partial charge in [-0.1, -0.05) is 35.6 Å². The number of carbonyl (C=O) groups is 2. The number of nitrogens with two attached hydrogens (primary N) is 1. The first-order chi connectivity index (χ1) is 15.4. The van der Waals surface area contributed by atoms with Gasteiger partial charge in [0.15, 0.2) is 5.13 Å². The fraction of sp³-hybridized carbons (Fsp3) is 0.227. The van der Waals surface area contributed by atoms with Crippen LogP contribution in [0.15, 0.2) is 48.5 Å². The molecular formula is C22H20F2N4O3S. The first kappa shape index (κ1) is 21.7. The fourth-order valence-corrected chi connectivity index (χ4v) is 4.33. The van der Waals surface area contributed by atoms with Crippen LogP contribution < -0.4 is 15.8 Å². The number of ketones is 1. The summed E-state index contributed by atoms with van der Waals surface area (Å²) >= 11 is 0.947. The second-order valence-electron chi connectivity index (χ2n) is 7.25. The van der Waals surface area contributed by atoms with Gasteiger partial charge in [-0.15, -0.1) is 0 Å². The molecule has 1 amide bonds. The predicted molar refractivity (Wildman–Crippen MR) is 117 cm³/mol. The largest absolute Gasteiger partial charge is 0.415 e. The number of rotatable bonds is 5. The summed E-state index contributed by atoms with van der Waals surface area (Å²) in [4.78, 5) is 30.6. The van der Waals surface area contributed by atoms with E-state index in [1.165, 1.54) is 6.07 Å². The number of carbonyl (C=O) groups excluding carboxylic acids is 2. The maximum atomic E-state index is 14.0. The van der Waals surface area contributed by atoms with Crippen molar-refractivity contribution in [2.45, 2.75) is 18.9 Å². The van der Waals surface area contributed by atoms with E-state index < -0.39 is 29.1 Å². The number of amides is 1. The molecule has 0 unspecified atom stereocenters. The lowest BCUT2D eigenvalue weighted by Crippen LogP contribution is -2.43. The van der Waals surface area contributed by atoms with Crippen LogP contribution in [0, 0.1) is 11.6 Å². The lowest BCUT2D eigenvalue weighted by molar-refractivity contribution is 0.103. The molecule has 0 spiro atoms. The molecule has 0 aliphatic carbocycles. The lowest BCUT2D eigenvalue weighted by atomic mass is 10.1. The van der Waals surface area contributed by atoms with Gasteiger partial charge >= 0.3 is 6.09 Å². The van der Waals surface area contributed by atoms with Crippen LogP contribution in [0.4, 0.5) is 24.5 Å². The minimum atomic E-state index is -0.952. The number of anilines is 2. The summed E-state index contributed by atoms with van der Waals surface area (Å²) in [6.45, 7) is 0.965. The molecule has 1 aliphatic rings. The number of nitrogen functional groups attached to an aromatic ring is 1. The number of nitrogens with zero attached hydrogens (tertiary/aromatic N) is 2. The van der Waals surface area contributed by atoms with Gasteiger partial charge in [-0.3, -0.25) is 4.79 Å². The Bertz CT molecular complexity index is 1110. The van der Waals surface area contributed by atoms with Crippen LogP contribution in [0.1, 0.15) is 28.1 Å². The van der Waals surface area contributed by atoms with Crippen molar-refractivity contribution in [1.29, 1.82) is 0 Å². The van der Waals surface area contributed by atoms with Crippen molar-refractivity contribution < 1.29 is 23.1 Å². The van der Waals surface area contributed by atoms with E-state index in [1.54, 1.807) is 29.2 Å². The number of likely N-dealkylation sites (tertiary alicyclic amines) is 1. The average Bonchev–Trinajstić information content (AvgIpc) is 3.14. The second-order valence-corrected chi connectivity index (χ2v) is 8.24. The van der Waals surface area contributed by atoms with E-state index in [9.17, 15) is 18.4 Å². The molecule has 1 saturated heterocycles. The van der Waals surface area contributed by atoms with Gasteiger partial charge in [0, 0.05) is 19.1 Å². The summed E-state index contributed by atoms with van der Waals surface area (Å²) in [7, 11) is 0. The lowest BCUT2D eigenvalue weighted by Gasteiger charge is -2.31. The van der Waals surface area contributed by atoms with Gasteiger partial charge < -0.3 is 20.7 Å². The number of piperidine rings is 1. The zero-order valence-corrected chi connectivity index (χ0v) is 17.7. The topological polar surface area (TPSA) is 97.6 Å². The Hall–Kier alpha value is -3.53. The third-order valence-electron chi connectivity index (χ3n) is 5.08. The molecule has 1 aliphatic heterocycles. The Balaban J connectivity index is 1.36. The van der Waals surface area contributed by atoms with E-state index in [2.05, 4.69) is 10.3 Å². The normalized spacial score (nSPS) is 14.2. The first-order valence-corrected chi connectivity index (χ1v) is 10.8. The molecule has 2 heterocycles. The molecule has 0 radical (unpaired) electrons. The molecule has 0 atom stereocenters. The van der Waals surface area contributed by atoms with Crippen LogP contribution >= 0.6 is 11.3 Å². The molecule has 3 aromatic rings. The highest BCUT2D eigenvalue weighted by atomic mass is 32.1. The number of halogens is 2. The van der Waals surface area contributed by atoms with Gasteiger partial charge in [0.05, 0.1) is 5.56 Å². The standard InChI is InChI=1S/C22H20F2N4O3S/c23-15-7-4-8-16(24)17(15)18(29)19-20(25)27-21(32-19)26-13-9-11-28(12-10-13)22(30)31-14-5-2-1-3-6-14/h1-8,13H,9-12,25H2,(H,26,27). The van der Waals surface area contributed by atoms with E-state index in [4.69, 9.17) is 10.5 Å². The van der Waals surface area contributed by atoms with Gasteiger partial charge in [0.1, 0.15) is 28.1 Å². The highest BCUT2D eigenvalue weighted by Crippen LogP contribution is 2.30. The van der Waals surface area contributed by atoms with Crippen molar-refractivity contribution >= 4 is 34.2 Å². The van der Waals surface area contributed by atoms with Crippen molar-refractivity contribution in [2.75, 3.05) is 24.1 Å². The summed E-state index contributed by atoms with van der Waals surface area (Å²) in [5.74, 6) is -2.35. The molecule has 1 fully saturated rings. The summed E-state index contributed by atoms with van der Waals surface area (Å²) in [6, 6.07) is 12.1. The molecule has 4 rings (SSSR count). The predicted octanol–water partition coefficient (Wildman–Crippen LogP) is 4.31. The Morgan fingerprint density at radius 2 is 1.72 bits per heavy atom. The number of hydrogen-bond acceptors (Lipinski definition) is 7. The Morgan fingerprint density at radius 3 is 2.38 bits per heavy atom. The molecule has 3 N–H and O–H groups in total. The first-order valence-electron chi connectivity index (χ1n) is 9.95. The monoisotopic (exact) mass is 458 g/mol. The maximum Gasteiger partial charge on any atom is 0.415 e. The van der Waals surface area contributed by atoms with Crippen LogP contribution in [0.2, 0.25) is 0 Å². The van der Waals surface area contributed by atoms with E-state index in [1.807, 2.05) is 6.07 Å². The molecular weight excluding hydrogens is 438 g/mol. The zero-order valence-electron chi connectivity index (χ0n) is 16.9. The molecule has 1 aromatic heterocycles. The van der Waals surface area contributed by atoms with Crippen molar-refractivity contribution in [3.05, 3.63) is 70.6 Å². The highest BCUT2D eigenvalue weighted by molar-refractivity contribution is 7.18. The van der Waals surface area contributed by atoms with Crippen LogP contribution in [-0.2, 0) is 0 Å². The van der Waals surface area contributed by atoms with Crippen LogP contribution in [-0.4, -0.2) is 40.9 Å². The maximum absolute atomic E-state index is 14.0. The van der Waals surface area contributed by atoms with E-state index in [0.29, 0.717) is 36.8 Å². The summed E-state index contributed by atoms with van der Waals surface area (Å²) in [5.41, 5.74) is 5.19. The quantitative estimate of drug-likeness (QED) is 0.553. The summed E-state index contributed by atoms with van der Waals surface area (Å²) in [6.07, 6.45) is 0.858. The molecule has 7 nitrogen and oxygen atoms in total. The summed E-state index contributed by atoms with van der Waals surface area (Å²) in [5, 5.41) is 3.58. The Labute approximate surface area is 186 Å². The molecule has 0 saturated carbocycles. The SMILES string of the molecule is Nc1nc(NC2CCN(C(=O)Oc3ccccc3)CC2)sc1C(=O)c1c(F)cccc1F. The van der Waals surface area contributed by atoms with E-state index in [0.717, 1.165) is 23.5 Å². The number of hydrogen-bond donors (Lipinski definition) is 2. The minimum Gasteiger partial charge on any atom is -0.410 e. The third kappa shape index (κ3) is 4.70. The number of aromatic nitrogens is 1. The number of thiazole rings is 1. The molecule has 32 heavy (non-hydrogen) atoms. The number of ether oxygens (including phenoxy) is 1. The summed E-state index contributed by atoms with van der Waals surface area (Å²) < 4.78 is 33.3. The number of nitrogens with one attached hydrogen (secondary N) is 1. The number of benzene rings is 2. The minimum absolute atomic E-state index is 0.00512. The van der Waals surface area contributed by atoms with E-state index in [-0.39, 0.29) is 16.7 Å². The van der Waals surface area contributed by atoms with Gasteiger partial charge in [0.25, 0.3) is 0 Å². The zero-order chi connectivity index (χ0) is 22.7. The third-order valence-corrected chi connectivity index (χ3v) is 6.08. The number of para-hydroxylation sites is 1. The highest BCUT2D eigenvalue weighted by Gasteiger charge is 2.27. The van der Waals surface area contributed by atoms with Crippen molar-refractivity contribution in [1.82, 2.24) is 9.88 Å². The van der Waals surface area contributed by atoms with Crippen molar-refractivity contribution in [3.63, 3.8) is 0 Å². The molecule has 10 heteroatoms. The van der Waals surface area contributed by atoms with Gasteiger partial charge in [-0.25, -0.2) is 18.6 Å². The van der Waals surface area contributed by atoms with Gasteiger partial charge in [-0.2, -0.15) is 0 Å². The Kier molecular flexibility index (Phi) is 6.31. The molecule has 0 bridgehead atoms. The van der Waals surface area contributed by atoms with Gasteiger partial charge in [-0.05, 0) is 37.1 Å². The van der Waals surface area contributed by atoms with Crippen molar-refractivity contribution in [2.24, 2.45) is 0 Å². The molecule has 166 valence electrons. The van der Waals surface area contributed by atoms with E-state index >= 15 is 0 Å². The smallest absolute Gasteiger partial charge is 0.410 e. The second kappa shape index (κ2) is 9.31. The fourth-order valence-electron chi connectivity index (χ4n) is 3.42. The van der Waals surface area contributed by atoms with Crippen LogP contribution in [0.25, 0.3) is 0 Å². The van der Waals surface area contributed by atoms with Crippen LogP contribution in [0.3, 0.4) is 0 Å². The Morgan fingerprint density at radius 1 is 1.06 bits per heavy atom. The van der Waals surface area contributed by atoms with Crippen molar-refractivity contribution in [3.8, 4) is 5.75 Å². The van der Waals surface area contributed by atoms with Gasteiger partial charge in [0.2, 0.25) is 5.78 Å².